The number of likely N-dealkylation sites (N-methyl/N-ethyl adjacent to an activating group) is 2. The molecule has 4 aromatic carbocycles. The zero-order valence-corrected chi connectivity index (χ0v) is 48.6. The van der Waals surface area contributed by atoms with Crippen LogP contribution in [0.2, 0.25) is 0 Å². The molecule has 8 N–H and O–H groups in total. The lowest BCUT2D eigenvalue weighted by Crippen LogP contribution is -2.62. The molecule has 8 amide bonds. The zero-order chi connectivity index (χ0) is 58.5. The van der Waals surface area contributed by atoms with Gasteiger partial charge < -0.3 is 52.3 Å². The Morgan fingerprint density at radius 3 is 1.53 bits per heavy atom. The molecule has 18 nitrogen and oxygen atoms in total. The highest BCUT2D eigenvalue weighted by Crippen LogP contribution is 2.35. The lowest BCUT2D eigenvalue weighted by molar-refractivity contribution is -0.147. The van der Waals surface area contributed by atoms with E-state index in [1.54, 1.807) is 63.2 Å². The Kier molecular flexibility index (Phi) is 18.5. The minimum Gasteiger partial charge on any atom is -0.347 e. The van der Waals surface area contributed by atoms with E-state index in [-0.39, 0.29) is 78.7 Å². The number of carbonyl (C=O) groups excluding carboxylic acids is 8. The Morgan fingerprint density at radius 1 is 0.543 bits per heavy atom. The van der Waals surface area contributed by atoms with Crippen molar-refractivity contribution in [3.63, 3.8) is 0 Å². The summed E-state index contributed by atoms with van der Waals surface area (Å²) in [5, 5.41) is 24.3. The molecule has 432 valence electrons. The first-order chi connectivity index (χ1) is 38.4. The van der Waals surface area contributed by atoms with Crippen molar-refractivity contribution in [2.75, 3.05) is 26.0 Å². The molecule has 0 saturated carbocycles. The van der Waals surface area contributed by atoms with E-state index in [2.05, 4.69) is 54.7 Å². The molecule has 18 heteroatoms. The number of amides is 8. The molecule has 2 aliphatic heterocycles. The van der Waals surface area contributed by atoms with E-state index < -0.39 is 70.8 Å². The summed E-state index contributed by atoms with van der Waals surface area (Å²) in [4.78, 5) is 116. The van der Waals surface area contributed by atoms with Crippen molar-refractivity contribution in [1.29, 1.82) is 0 Å². The van der Waals surface area contributed by atoms with Crippen LogP contribution in [0.1, 0.15) is 154 Å². The molecule has 0 aromatic heterocycles. The standard InChI is InChI=1S/C63H82N10O8/c1-36(64-9)54(74)70-52(62(3,4)5)60(80)72-34-42-29-30-44(31-43(42)32-50(72)58(78)68-48-23-15-19-38-17-11-13-21-46(38)48)66-56(76)40-25-27-41(28-26-40)57(77)67-45-33-51(59(79)69-49-24-16-20-39-18-12-14-22-47(39)49)73(35-45)61(81)53(63(6,7)8)71-55(75)37(2)65-10/h11-14,17-18,21-22,25-31,36-37,45,48-53,64-65H,15-16,19-20,23-24,32-35H2,1-10H3,(H,66,76)(H,67,77)(H,68,78)(H,69,79)(H,70,74)(H,71,75). The van der Waals surface area contributed by atoms with Crippen LogP contribution in [0, 0.1) is 10.8 Å². The molecule has 0 radical (unpaired) electrons. The molecule has 8 rings (SSSR count). The van der Waals surface area contributed by atoms with Crippen molar-refractivity contribution in [2.24, 2.45) is 10.8 Å². The van der Waals surface area contributed by atoms with Gasteiger partial charge in [0.25, 0.3) is 11.8 Å². The van der Waals surface area contributed by atoms with Crippen LogP contribution in [0.25, 0.3) is 0 Å². The van der Waals surface area contributed by atoms with Gasteiger partial charge in [0.2, 0.25) is 35.4 Å². The molecule has 1 fully saturated rings. The molecule has 2 aliphatic carbocycles. The smallest absolute Gasteiger partial charge is 0.255 e. The van der Waals surface area contributed by atoms with E-state index in [0.717, 1.165) is 60.8 Å². The average molecular weight is 1110 g/mol. The quantitative estimate of drug-likeness (QED) is 0.0696. The van der Waals surface area contributed by atoms with Gasteiger partial charge in [-0.1, -0.05) is 96.1 Å². The number of hydrogen-bond donors (Lipinski definition) is 8. The molecule has 9 atom stereocenters. The maximum atomic E-state index is 14.8. The highest BCUT2D eigenvalue weighted by molar-refractivity contribution is 6.05. The number of anilines is 1. The lowest BCUT2D eigenvalue weighted by atomic mass is 9.83. The normalized spacial score (nSPS) is 21.1. The van der Waals surface area contributed by atoms with Crippen LogP contribution >= 0.6 is 0 Å². The van der Waals surface area contributed by atoms with E-state index in [1.807, 2.05) is 90.1 Å². The Hall–Kier alpha value is -7.44. The third kappa shape index (κ3) is 13.8. The first-order valence-electron chi connectivity index (χ1n) is 28.6. The van der Waals surface area contributed by atoms with Crippen molar-refractivity contribution in [1.82, 2.24) is 47.0 Å². The number of nitrogens with zero attached hydrogens (tertiary/aromatic N) is 2. The number of nitrogens with one attached hydrogen (secondary N) is 8. The van der Waals surface area contributed by atoms with Crippen molar-refractivity contribution >= 4 is 52.9 Å². The van der Waals surface area contributed by atoms with Crippen LogP contribution in [0.15, 0.2) is 91.0 Å². The summed E-state index contributed by atoms with van der Waals surface area (Å²) in [6.45, 7) is 14.7. The fraction of sp³-hybridized carbons (Fsp3) is 0.492. The number of benzene rings is 4. The number of hydrogen-bond acceptors (Lipinski definition) is 10. The Bertz CT molecular complexity index is 3020. The second-order valence-corrected chi connectivity index (χ2v) is 24.6. The summed E-state index contributed by atoms with van der Waals surface area (Å²) in [5.74, 6) is -3.04. The predicted octanol–water partition coefficient (Wildman–Crippen LogP) is 5.56. The third-order valence-electron chi connectivity index (χ3n) is 16.6. The van der Waals surface area contributed by atoms with Crippen molar-refractivity contribution in [2.45, 2.75) is 168 Å². The fourth-order valence-corrected chi connectivity index (χ4v) is 11.6. The van der Waals surface area contributed by atoms with Gasteiger partial charge in [-0.25, -0.2) is 0 Å². The first kappa shape index (κ1) is 59.7. The monoisotopic (exact) mass is 1110 g/mol. The van der Waals surface area contributed by atoms with Crippen molar-refractivity contribution in [3.05, 3.63) is 136 Å². The fourth-order valence-electron chi connectivity index (χ4n) is 11.6. The molecule has 9 unspecified atom stereocenters. The van der Waals surface area contributed by atoms with Gasteiger partial charge in [-0.3, -0.25) is 38.4 Å². The van der Waals surface area contributed by atoms with Crippen LogP contribution in [-0.4, -0.2) is 120 Å². The molecular formula is C63H82N10O8. The third-order valence-corrected chi connectivity index (χ3v) is 16.6. The number of rotatable bonds is 16. The molecule has 0 spiro atoms. The molecule has 81 heavy (non-hydrogen) atoms. The molecule has 1 saturated heterocycles. The Balaban J connectivity index is 0.972. The van der Waals surface area contributed by atoms with Gasteiger partial charge in [0.05, 0.1) is 24.2 Å². The summed E-state index contributed by atoms with van der Waals surface area (Å²) >= 11 is 0. The maximum Gasteiger partial charge on any atom is 0.255 e. The second-order valence-electron chi connectivity index (χ2n) is 24.6. The minimum atomic E-state index is -0.976. The lowest BCUT2D eigenvalue weighted by Gasteiger charge is -2.42. The van der Waals surface area contributed by atoms with E-state index in [4.69, 9.17) is 0 Å². The number of carbonyl (C=O) groups is 8. The van der Waals surface area contributed by atoms with E-state index in [1.165, 1.54) is 16.0 Å². The summed E-state index contributed by atoms with van der Waals surface area (Å²) < 4.78 is 0. The molecule has 4 aromatic rings. The zero-order valence-electron chi connectivity index (χ0n) is 48.6. The highest BCUT2D eigenvalue weighted by Gasteiger charge is 2.47. The summed E-state index contributed by atoms with van der Waals surface area (Å²) in [6.07, 6.45) is 5.41. The Labute approximate surface area is 476 Å². The van der Waals surface area contributed by atoms with Gasteiger partial charge in [-0.05, 0) is 153 Å². The van der Waals surface area contributed by atoms with E-state index in [0.29, 0.717) is 5.69 Å². The van der Waals surface area contributed by atoms with Crippen LogP contribution in [-0.2, 0) is 54.6 Å². The Morgan fingerprint density at radius 2 is 1.02 bits per heavy atom. The topological polar surface area (TPSA) is 239 Å². The summed E-state index contributed by atoms with van der Waals surface area (Å²) in [6, 6.07) is 21.7. The van der Waals surface area contributed by atoms with Crippen LogP contribution in [0.4, 0.5) is 5.69 Å². The molecule has 2 heterocycles. The highest BCUT2D eigenvalue weighted by atomic mass is 16.2. The van der Waals surface area contributed by atoms with Gasteiger partial charge >= 0.3 is 0 Å². The summed E-state index contributed by atoms with van der Waals surface area (Å²) in [5.41, 5.74) is 5.61. The first-order valence-corrected chi connectivity index (χ1v) is 28.6. The van der Waals surface area contributed by atoms with E-state index in [9.17, 15) is 38.4 Å². The number of fused-ring (bicyclic) bond motifs is 3. The van der Waals surface area contributed by atoms with Gasteiger partial charge in [-0.2, -0.15) is 0 Å². The van der Waals surface area contributed by atoms with Crippen LogP contribution < -0.4 is 42.5 Å². The van der Waals surface area contributed by atoms with Crippen molar-refractivity contribution < 1.29 is 38.4 Å². The number of likely N-dealkylation sites (tertiary alicyclic amines) is 1. The van der Waals surface area contributed by atoms with Crippen LogP contribution in [0.3, 0.4) is 0 Å². The van der Waals surface area contributed by atoms with Gasteiger partial charge in [0.1, 0.15) is 24.2 Å². The predicted molar refractivity (Wildman–Crippen MR) is 311 cm³/mol. The minimum absolute atomic E-state index is 0.0238. The molecule has 0 bridgehead atoms. The van der Waals surface area contributed by atoms with Gasteiger partial charge in [0.15, 0.2) is 0 Å². The van der Waals surface area contributed by atoms with Crippen molar-refractivity contribution in [3.8, 4) is 0 Å². The largest absolute Gasteiger partial charge is 0.347 e. The van der Waals surface area contributed by atoms with Gasteiger partial charge in [0, 0.05) is 42.4 Å². The SMILES string of the molecule is CNC(C)C(=O)NC(C(=O)N1Cc2ccc(NC(=O)c3ccc(C(=O)NC4CC(C(=O)NC5CCCc6ccccc65)N(C(=O)C(NC(=O)C(C)NC)C(C)(C)C)C4)cc3)cc2CC1C(=O)NC1CCCc2ccccc21)C(C)(C)C. The second kappa shape index (κ2) is 25.1. The summed E-state index contributed by atoms with van der Waals surface area (Å²) in [7, 11) is 3.33. The van der Waals surface area contributed by atoms with E-state index >= 15 is 0 Å². The average Bonchev–Trinajstić information content (AvgIpc) is 3.90. The van der Waals surface area contributed by atoms with Gasteiger partial charge in [-0.15, -0.1) is 0 Å². The van der Waals surface area contributed by atoms with Crippen LogP contribution in [0.5, 0.6) is 0 Å². The maximum absolute atomic E-state index is 14.8. The number of aryl methyl sites for hydroxylation is 2. The molecule has 4 aliphatic rings. The molecular weight excluding hydrogens is 1020 g/mol.